The lowest BCUT2D eigenvalue weighted by molar-refractivity contribution is -0.135. The first-order chi connectivity index (χ1) is 26.1. The van der Waals surface area contributed by atoms with Crippen molar-refractivity contribution in [3.63, 3.8) is 0 Å². The Labute approximate surface area is 312 Å². The second kappa shape index (κ2) is 13.3. The van der Waals surface area contributed by atoms with Crippen LogP contribution < -0.4 is 26.0 Å². The molecule has 0 unspecified atom stereocenters. The van der Waals surface area contributed by atoms with Crippen molar-refractivity contribution in [2.75, 3.05) is 55.4 Å². The number of amides is 3. The molecule has 5 aromatic rings. The lowest BCUT2D eigenvalue weighted by Gasteiger charge is -2.55. The van der Waals surface area contributed by atoms with E-state index < -0.39 is 11.9 Å². The molecule has 1 spiro atoms. The van der Waals surface area contributed by atoms with Crippen molar-refractivity contribution in [2.45, 2.75) is 63.5 Å². The summed E-state index contributed by atoms with van der Waals surface area (Å²) in [6.07, 6.45) is 12.4. The summed E-state index contributed by atoms with van der Waals surface area (Å²) in [5.41, 5.74) is 3.53. The molecule has 278 valence electrons. The predicted octanol–water partition coefficient (Wildman–Crippen LogP) is 4.79. The monoisotopic (exact) mass is 728 g/mol. The molecule has 14 heteroatoms. The number of benzene rings is 1. The largest absolute Gasteiger partial charge is 0.370 e. The zero-order valence-electron chi connectivity index (χ0n) is 30.6. The van der Waals surface area contributed by atoms with Crippen LogP contribution in [-0.2, 0) is 9.59 Å². The lowest BCUT2D eigenvalue weighted by Crippen LogP contribution is -2.60. The Morgan fingerprint density at radius 1 is 0.889 bits per heavy atom. The minimum Gasteiger partial charge on any atom is -0.370 e. The maximum atomic E-state index is 13.5. The Kier molecular flexibility index (Phi) is 8.35. The second-order valence-corrected chi connectivity index (χ2v) is 15.6. The number of aromatic nitrogens is 5. The molecule has 1 aromatic carbocycles. The smallest absolute Gasteiger partial charge is 0.270 e. The number of nitrogens with zero attached hydrogens (tertiary/aromatic N) is 8. The zero-order valence-corrected chi connectivity index (χ0v) is 30.6. The number of hydrogen-bond acceptors (Lipinski definition) is 10. The van der Waals surface area contributed by atoms with Gasteiger partial charge in [0.1, 0.15) is 23.2 Å². The highest BCUT2D eigenvalue weighted by Gasteiger charge is 2.45. The predicted molar refractivity (Wildman–Crippen MR) is 206 cm³/mol. The molecule has 3 aliphatic heterocycles. The van der Waals surface area contributed by atoms with Crippen LogP contribution in [0.25, 0.3) is 21.8 Å². The van der Waals surface area contributed by atoms with Gasteiger partial charge in [-0.2, -0.15) is 4.98 Å². The Bertz CT molecular complexity index is 2340. The molecule has 4 aromatic heterocycles. The van der Waals surface area contributed by atoms with E-state index in [1.807, 2.05) is 36.5 Å². The molecule has 2 N–H and O–H groups in total. The summed E-state index contributed by atoms with van der Waals surface area (Å²) in [5.74, 6) is 0.352. The summed E-state index contributed by atoms with van der Waals surface area (Å²) in [4.78, 5) is 71.2. The number of fused-ring (bicyclic) bond motifs is 2. The first kappa shape index (κ1) is 34.0. The molecule has 0 bridgehead atoms. The maximum Gasteiger partial charge on any atom is 0.270 e. The third kappa shape index (κ3) is 6.02. The van der Waals surface area contributed by atoms with Gasteiger partial charge in [-0.3, -0.25) is 24.5 Å². The average molecular weight is 729 g/mol. The van der Waals surface area contributed by atoms with Gasteiger partial charge in [-0.25, -0.2) is 9.97 Å². The van der Waals surface area contributed by atoms with Gasteiger partial charge in [0.2, 0.25) is 17.8 Å². The standard InChI is InChI=1S/C40H44N10O4/c1-46(2)38(54)32-19-26-21-42-39(45-35(26)50(32)27-5-3-4-6-27)43-33-11-9-29(22-41-33)47-17-14-40(15-18-47)23-48(24-40)28-8-7-25-13-16-49(37(53)30(25)20-28)31-10-12-34(51)44-36(31)52/h7-9,11,13,16,19-22,27,31H,3-6,10,12,14-15,17-18,23-24H2,1-2H3,(H,44,51,52)(H,41,42,43,45)/t31-/m1/s1. The van der Waals surface area contributed by atoms with Crippen LogP contribution in [-0.4, -0.2) is 87.0 Å². The van der Waals surface area contributed by atoms with E-state index in [2.05, 4.69) is 42.1 Å². The van der Waals surface area contributed by atoms with Crippen molar-refractivity contribution < 1.29 is 14.4 Å². The van der Waals surface area contributed by atoms with Gasteiger partial charge in [0.15, 0.2) is 0 Å². The number of hydrogen-bond donors (Lipinski definition) is 2. The van der Waals surface area contributed by atoms with E-state index in [4.69, 9.17) is 9.97 Å². The molecule has 4 fully saturated rings. The SMILES string of the molecule is CN(C)C(=O)c1cc2cnc(Nc3ccc(N4CCC5(CC4)CN(c4ccc6ccn([C@@H]7CCC(=O)NC7=O)c(=O)c6c4)C5)cn3)nc2n1C1CCCC1. The van der Waals surface area contributed by atoms with E-state index in [1.54, 1.807) is 31.4 Å². The van der Waals surface area contributed by atoms with Gasteiger partial charge in [-0.15, -0.1) is 0 Å². The molecular formula is C40H44N10O4. The van der Waals surface area contributed by atoms with E-state index in [9.17, 15) is 19.2 Å². The van der Waals surface area contributed by atoms with Crippen molar-refractivity contribution in [3.8, 4) is 0 Å². The van der Waals surface area contributed by atoms with Crippen LogP contribution in [0.2, 0.25) is 0 Å². The third-order valence-corrected chi connectivity index (χ3v) is 11.9. The van der Waals surface area contributed by atoms with Gasteiger partial charge < -0.3 is 29.2 Å². The highest BCUT2D eigenvalue weighted by molar-refractivity contribution is 6.00. The maximum absolute atomic E-state index is 13.5. The first-order valence-electron chi connectivity index (χ1n) is 19.0. The molecule has 0 radical (unpaired) electrons. The average Bonchev–Trinajstić information content (AvgIpc) is 3.83. The van der Waals surface area contributed by atoms with Crippen LogP contribution in [0, 0.1) is 5.41 Å². The molecule has 7 heterocycles. The van der Waals surface area contributed by atoms with Crippen LogP contribution in [0.15, 0.2) is 65.8 Å². The minimum absolute atomic E-state index is 0.0310. The van der Waals surface area contributed by atoms with Crippen LogP contribution in [0.3, 0.4) is 0 Å². The highest BCUT2D eigenvalue weighted by atomic mass is 16.2. The van der Waals surface area contributed by atoms with E-state index in [0.717, 1.165) is 92.5 Å². The number of carbonyl (C=O) groups is 3. The molecular weight excluding hydrogens is 685 g/mol. The molecule has 3 amide bonds. The summed E-state index contributed by atoms with van der Waals surface area (Å²) < 4.78 is 3.58. The van der Waals surface area contributed by atoms with Gasteiger partial charge in [-0.05, 0) is 73.9 Å². The highest BCUT2D eigenvalue weighted by Crippen LogP contribution is 2.44. The molecule has 1 saturated carbocycles. The molecule has 1 atom stereocenters. The van der Waals surface area contributed by atoms with E-state index in [1.165, 1.54) is 4.57 Å². The lowest BCUT2D eigenvalue weighted by atomic mass is 9.71. The molecule has 54 heavy (non-hydrogen) atoms. The molecule has 4 aliphatic rings. The zero-order chi connectivity index (χ0) is 37.1. The van der Waals surface area contributed by atoms with Crippen LogP contribution >= 0.6 is 0 Å². The summed E-state index contributed by atoms with van der Waals surface area (Å²) in [6.45, 7) is 3.73. The van der Waals surface area contributed by atoms with Crippen molar-refractivity contribution in [1.29, 1.82) is 0 Å². The number of rotatable bonds is 7. The van der Waals surface area contributed by atoms with E-state index in [-0.39, 0.29) is 35.3 Å². The van der Waals surface area contributed by atoms with Gasteiger partial charge in [0.05, 0.1) is 11.9 Å². The Morgan fingerprint density at radius 2 is 1.67 bits per heavy atom. The van der Waals surface area contributed by atoms with Crippen molar-refractivity contribution in [2.24, 2.45) is 5.41 Å². The van der Waals surface area contributed by atoms with Crippen LogP contribution in [0.1, 0.15) is 73.9 Å². The Morgan fingerprint density at radius 3 is 2.39 bits per heavy atom. The fourth-order valence-corrected chi connectivity index (χ4v) is 8.89. The number of nitrogens with one attached hydrogen (secondary N) is 2. The summed E-state index contributed by atoms with van der Waals surface area (Å²) in [6, 6.07) is 13.4. The summed E-state index contributed by atoms with van der Waals surface area (Å²) >= 11 is 0. The van der Waals surface area contributed by atoms with Gasteiger partial charge in [0, 0.05) is 87.0 Å². The molecule has 1 aliphatic carbocycles. The quantitative estimate of drug-likeness (QED) is 0.224. The normalized spacial score (nSPS) is 20.1. The molecule has 9 rings (SSSR count). The molecule has 14 nitrogen and oxygen atoms in total. The summed E-state index contributed by atoms with van der Waals surface area (Å²) in [5, 5.41) is 7.90. The Balaban J connectivity index is 0.837. The van der Waals surface area contributed by atoms with Gasteiger partial charge in [0.25, 0.3) is 11.5 Å². The minimum atomic E-state index is -0.678. The fourth-order valence-electron chi connectivity index (χ4n) is 8.89. The number of carbonyl (C=O) groups excluding carboxylic acids is 3. The number of anilines is 4. The fraction of sp³-hybridized carbons (Fsp3) is 0.425. The number of imide groups is 1. The van der Waals surface area contributed by atoms with E-state index in [0.29, 0.717) is 29.3 Å². The second-order valence-electron chi connectivity index (χ2n) is 15.6. The topological polar surface area (TPSA) is 151 Å². The summed E-state index contributed by atoms with van der Waals surface area (Å²) in [7, 11) is 3.55. The van der Waals surface area contributed by atoms with Crippen molar-refractivity contribution in [1.82, 2.24) is 34.3 Å². The van der Waals surface area contributed by atoms with Crippen molar-refractivity contribution in [3.05, 3.63) is 77.1 Å². The van der Waals surface area contributed by atoms with Crippen molar-refractivity contribution >= 4 is 62.7 Å². The van der Waals surface area contributed by atoms with Gasteiger partial charge in [-0.1, -0.05) is 18.9 Å². The number of pyridine rings is 2. The Hall–Kier alpha value is -5.79. The van der Waals surface area contributed by atoms with Crippen LogP contribution in [0.5, 0.6) is 0 Å². The van der Waals surface area contributed by atoms with Gasteiger partial charge >= 0.3 is 0 Å². The van der Waals surface area contributed by atoms with Crippen LogP contribution in [0.4, 0.5) is 23.1 Å². The first-order valence-corrected chi connectivity index (χ1v) is 19.0. The third-order valence-electron chi connectivity index (χ3n) is 11.9. The van der Waals surface area contributed by atoms with E-state index >= 15 is 0 Å². The number of piperidine rings is 2. The molecule has 3 saturated heterocycles.